The van der Waals surface area contributed by atoms with Gasteiger partial charge in [-0.15, -0.1) is 0 Å². The predicted molar refractivity (Wildman–Crippen MR) is 92.8 cm³/mol. The van der Waals surface area contributed by atoms with E-state index in [4.69, 9.17) is 4.74 Å². The molecule has 0 aliphatic heterocycles. The summed E-state index contributed by atoms with van der Waals surface area (Å²) in [7, 11) is 0. The van der Waals surface area contributed by atoms with Crippen LogP contribution >= 0.6 is 15.9 Å². The topological polar surface area (TPSA) is 99.3 Å². The number of nitrogens with zero attached hydrogens (tertiary/aromatic N) is 3. The molecule has 1 amide bonds. The molecule has 8 nitrogen and oxygen atoms in total. The number of benzene rings is 1. The highest BCUT2D eigenvalue weighted by molar-refractivity contribution is 9.10. The maximum absolute atomic E-state index is 12.9. The maximum Gasteiger partial charge on any atom is 0.283 e. The minimum atomic E-state index is -2.84. The monoisotopic (exact) mass is 468 g/mol. The molecule has 0 bridgehead atoms. The number of amides is 1. The van der Waals surface area contributed by atoms with Crippen molar-refractivity contribution in [1.82, 2.24) is 9.78 Å². The molecule has 0 unspecified atom stereocenters. The van der Waals surface area contributed by atoms with Crippen molar-refractivity contribution in [2.45, 2.75) is 26.3 Å². The summed E-state index contributed by atoms with van der Waals surface area (Å²) in [5, 5.41) is 16.9. The Balaban J connectivity index is 2.19. The molecule has 1 aromatic carbocycles. The van der Waals surface area contributed by atoms with Crippen molar-refractivity contribution in [1.29, 1.82) is 0 Å². The fourth-order valence-electron chi connectivity index (χ4n) is 2.18. The lowest BCUT2D eigenvalue weighted by Crippen LogP contribution is -2.20. The molecule has 1 aromatic heterocycles. The Labute approximate surface area is 163 Å². The first-order valence-electron chi connectivity index (χ1n) is 7.59. The molecule has 2 rings (SSSR count). The molecule has 1 heterocycles. The zero-order valence-electron chi connectivity index (χ0n) is 14.2. The number of anilines is 1. The number of nitrogens with one attached hydrogen (secondary N) is 1. The van der Waals surface area contributed by atoms with Gasteiger partial charge in [0.05, 0.1) is 26.8 Å². The van der Waals surface area contributed by atoms with Crippen LogP contribution in [0, 0.1) is 17.0 Å². The van der Waals surface area contributed by atoms with E-state index in [1.165, 1.54) is 6.92 Å². The van der Waals surface area contributed by atoms with Gasteiger partial charge in [0, 0.05) is 12.1 Å². The van der Waals surface area contributed by atoms with Crippen LogP contribution in [0.1, 0.15) is 17.8 Å². The second-order valence-electron chi connectivity index (χ2n) is 5.47. The summed E-state index contributed by atoms with van der Waals surface area (Å²) in [6.07, 6.45) is -5.63. The van der Waals surface area contributed by atoms with E-state index in [2.05, 4.69) is 26.3 Å². The molecular weight excluding hydrogens is 456 g/mol. The number of non-ortho nitro benzene ring substituents is 1. The quantitative estimate of drug-likeness (QED) is 0.357. The number of nitro benzene ring substituents is 1. The zero-order valence-corrected chi connectivity index (χ0v) is 15.8. The predicted octanol–water partition coefficient (Wildman–Crippen LogP) is 4.08. The van der Waals surface area contributed by atoms with Crippen molar-refractivity contribution < 1.29 is 32.0 Å². The number of alkyl halides is 4. The van der Waals surface area contributed by atoms with E-state index in [1.54, 1.807) is 0 Å². The molecular formula is C15H13BrF4N4O4. The minimum absolute atomic E-state index is 0.0633. The van der Waals surface area contributed by atoms with Gasteiger partial charge in [-0.25, -0.2) is 17.6 Å². The molecule has 28 heavy (non-hydrogen) atoms. The highest BCUT2D eigenvalue weighted by Crippen LogP contribution is 2.29. The Kier molecular flexibility index (Phi) is 6.94. The molecule has 0 atom stereocenters. The van der Waals surface area contributed by atoms with Crippen LogP contribution in [-0.2, 0) is 11.3 Å². The molecule has 0 radical (unpaired) electrons. The van der Waals surface area contributed by atoms with E-state index in [0.717, 1.165) is 22.9 Å². The third-order valence-corrected chi connectivity index (χ3v) is 4.40. The molecule has 1 N–H and O–H groups in total. The van der Waals surface area contributed by atoms with E-state index in [-0.39, 0.29) is 21.6 Å². The van der Waals surface area contributed by atoms with E-state index in [0.29, 0.717) is 0 Å². The van der Waals surface area contributed by atoms with E-state index >= 15 is 0 Å². The number of nitro groups is 1. The normalized spacial score (nSPS) is 11.1. The van der Waals surface area contributed by atoms with Crippen molar-refractivity contribution in [3.05, 3.63) is 44.2 Å². The number of hydrogen-bond donors (Lipinski definition) is 1. The molecule has 0 saturated heterocycles. The van der Waals surface area contributed by atoms with Crippen LogP contribution in [0.15, 0.2) is 22.7 Å². The molecule has 13 heteroatoms. The fraction of sp³-hybridized carbons (Fsp3) is 0.333. The van der Waals surface area contributed by atoms with Crippen molar-refractivity contribution in [2.24, 2.45) is 0 Å². The van der Waals surface area contributed by atoms with E-state index < -0.39 is 48.2 Å². The molecule has 2 aromatic rings. The fourth-order valence-corrected chi connectivity index (χ4v) is 2.64. The highest BCUT2D eigenvalue weighted by atomic mass is 79.9. The van der Waals surface area contributed by atoms with Crippen molar-refractivity contribution in [3.63, 3.8) is 0 Å². The van der Waals surface area contributed by atoms with Gasteiger partial charge >= 0.3 is 0 Å². The zero-order chi connectivity index (χ0) is 21.0. The Morgan fingerprint density at radius 3 is 2.57 bits per heavy atom. The van der Waals surface area contributed by atoms with Crippen molar-refractivity contribution in [3.8, 4) is 5.75 Å². The summed E-state index contributed by atoms with van der Waals surface area (Å²) < 4.78 is 56.1. The largest absolute Gasteiger partial charge is 0.487 e. The third kappa shape index (κ3) is 5.41. The average molecular weight is 469 g/mol. The summed E-state index contributed by atoms with van der Waals surface area (Å²) in [4.78, 5) is 22.4. The van der Waals surface area contributed by atoms with Crippen molar-refractivity contribution in [2.75, 3.05) is 11.9 Å². The third-order valence-electron chi connectivity index (χ3n) is 3.42. The number of halogens is 5. The number of rotatable bonds is 8. The van der Waals surface area contributed by atoms with Crippen LogP contribution < -0.4 is 10.1 Å². The second kappa shape index (κ2) is 8.99. The molecule has 0 aliphatic rings. The number of carbonyl (C=O) groups excluding carboxylic acids is 1. The molecule has 0 spiro atoms. The average Bonchev–Trinajstić information content (AvgIpc) is 2.88. The molecule has 0 aliphatic carbocycles. The standard InChI is InChI=1S/C15H13BrF4N4O4/c1-7-13(16)14(15(19)20)22-23(7)5-12(25)21-8-2-9(24(26)27)4-10(3-8)28-6-11(17)18/h2-4,11,15H,5-6H2,1H3,(H,21,25). The Hall–Kier alpha value is -2.70. The van der Waals surface area contributed by atoms with Crippen LogP contribution in [0.2, 0.25) is 0 Å². The first kappa shape index (κ1) is 21.6. The highest BCUT2D eigenvalue weighted by Gasteiger charge is 2.21. The lowest BCUT2D eigenvalue weighted by Gasteiger charge is -2.10. The van der Waals surface area contributed by atoms with Gasteiger partial charge in [-0.3, -0.25) is 19.6 Å². The van der Waals surface area contributed by atoms with Gasteiger partial charge in [-0.2, -0.15) is 5.10 Å². The lowest BCUT2D eigenvalue weighted by atomic mass is 10.2. The van der Waals surface area contributed by atoms with Gasteiger partial charge < -0.3 is 10.1 Å². The van der Waals surface area contributed by atoms with Gasteiger partial charge in [-0.05, 0) is 22.9 Å². The lowest BCUT2D eigenvalue weighted by molar-refractivity contribution is -0.384. The molecule has 0 saturated carbocycles. The molecule has 152 valence electrons. The maximum atomic E-state index is 12.9. The number of aromatic nitrogens is 2. The second-order valence-corrected chi connectivity index (χ2v) is 6.26. The molecule has 0 fully saturated rings. The van der Waals surface area contributed by atoms with E-state index in [1.807, 2.05) is 0 Å². The minimum Gasteiger partial charge on any atom is -0.487 e. The number of ether oxygens (including phenoxy) is 1. The first-order valence-corrected chi connectivity index (χ1v) is 8.39. The van der Waals surface area contributed by atoms with Gasteiger partial charge in [0.25, 0.3) is 18.5 Å². The first-order chi connectivity index (χ1) is 13.1. The SMILES string of the molecule is Cc1c(Br)c(C(F)F)nn1CC(=O)Nc1cc(OCC(F)F)cc([N+](=O)[O-])c1. The van der Waals surface area contributed by atoms with Gasteiger partial charge in [0.15, 0.2) is 0 Å². The van der Waals surface area contributed by atoms with Crippen LogP contribution in [0.3, 0.4) is 0 Å². The van der Waals surface area contributed by atoms with Crippen LogP contribution in [0.5, 0.6) is 5.75 Å². The Morgan fingerprint density at radius 1 is 1.36 bits per heavy atom. The van der Waals surface area contributed by atoms with Crippen LogP contribution in [0.4, 0.5) is 28.9 Å². The van der Waals surface area contributed by atoms with Gasteiger partial charge in [0.2, 0.25) is 5.91 Å². The summed E-state index contributed by atoms with van der Waals surface area (Å²) in [6.45, 7) is 0.0401. The summed E-state index contributed by atoms with van der Waals surface area (Å²) in [5.41, 5.74) is -0.810. The van der Waals surface area contributed by atoms with Crippen LogP contribution in [0.25, 0.3) is 0 Å². The Morgan fingerprint density at radius 2 is 2.04 bits per heavy atom. The van der Waals surface area contributed by atoms with E-state index in [9.17, 15) is 32.5 Å². The van der Waals surface area contributed by atoms with Gasteiger partial charge in [-0.1, -0.05) is 0 Å². The number of hydrogen-bond acceptors (Lipinski definition) is 5. The van der Waals surface area contributed by atoms with Crippen molar-refractivity contribution >= 4 is 33.2 Å². The smallest absolute Gasteiger partial charge is 0.283 e. The number of carbonyl (C=O) groups is 1. The van der Waals surface area contributed by atoms with Crippen LogP contribution in [-0.4, -0.2) is 33.6 Å². The summed E-state index contributed by atoms with van der Waals surface area (Å²) in [6, 6.07) is 3.06. The Bertz CT molecular complexity index is 891. The summed E-state index contributed by atoms with van der Waals surface area (Å²) in [5.74, 6) is -0.956. The summed E-state index contributed by atoms with van der Waals surface area (Å²) >= 11 is 2.97. The van der Waals surface area contributed by atoms with Gasteiger partial charge in [0.1, 0.15) is 24.6 Å².